The molecule has 1 heterocycles. The summed E-state index contributed by atoms with van der Waals surface area (Å²) in [5, 5.41) is 7.43. The Kier molecular flexibility index (Phi) is 4.17. The highest BCUT2D eigenvalue weighted by molar-refractivity contribution is 5.93. The quantitative estimate of drug-likeness (QED) is 0.733. The van der Waals surface area contributed by atoms with E-state index in [1.165, 1.54) is 10.9 Å². The van der Waals surface area contributed by atoms with Crippen molar-refractivity contribution >= 4 is 5.78 Å². The van der Waals surface area contributed by atoms with Gasteiger partial charge in [-0.05, 0) is 12.0 Å². The number of hydrogen-bond donors (Lipinski definition) is 0. The largest absolute Gasteiger partial charge is 0.292 e. The van der Waals surface area contributed by atoms with Crippen LogP contribution < -0.4 is 0 Å². The molecule has 0 fully saturated rings. The van der Waals surface area contributed by atoms with Gasteiger partial charge in [0.15, 0.2) is 5.78 Å². The standard InChI is InChI=1S/C13H14FN3O/c14-8-9-17-10-12(15-16-17)13(18)7-6-11-4-2-1-3-5-11/h1-5,10H,6-9H2/i14-1. The second-order valence-corrected chi connectivity index (χ2v) is 3.96. The average molecular weight is 246 g/mol. The molecule has 18 heavy (non-hydrogen) atoms. The third-order valence-electron chi connectivity index (χ3n) is 2.62. The minimum Gasteiger partial charge on any atom is -0.292 e. The predicted octanol–water partition coefficient (Wildman–Crippen LogP) is 2.06. The molecule has 0 radical (unpaired) electrons. The number of halogens is 1. The normalized spacial score (nSPS) is 10.5. The summed E-state index contributed by atoms with van der Waals surface area (Å²) in [6, 6.07) is 9.78. The van der Waals surface area contributed by atoms with Crippen LogP contribution in [0.25, 0.3) is 0 Å². The van der Waals surface area contributed by atoms with Gasteiger partial charge in [-0.1, -0.05) is 35.5 Å². The first-order valence-electron chi connectivity index (χ1n) is 5.83. The molecule has 0 aliphatic rings. The lowest BCUT2D eigenvalue weighted by Gasteiger charge is -1.98. The molecular formula is C13H14FN3O. The maximum Gasteiger partial charge on any atom is 0.185 e. The number of aromatic nitrogens is 3. The van der Waals surface area contributed by atoms with Crippen molar-refractivity contribution in [2.75, 3.05) is 6.67 Å². The van der Waals surface area contributed by atoms with E-state index in [4.69, 9.17) is 0 Å². The lowest BCUT2D eigenvalue weighted by molar-refractivity contribution is 0.0978. The summed E-state index contributed by atoms with van der Waals surface area (Å²) in [6.07, 6.45) is 2.56. The zero-order valence-electron chi connectivity index (χ0n) is 9.92. The van der Waals surface area contributed by atoms with Gasteiger partial charge in [0.25, 0.3) is 0 Å². The molecule has 4 nitrogen and oxygen atoms in total. The Bertz CT molecular complexity index is 510. The highest BCUT2D eigenvalue weighted by atomic mass is 18.2. The van der Waals surface area contributed by atoms with E-state index in [1.54, 1.807) is 0 Å². The third kappa shape index (κ3) is 3.23. The minimum absolute atomic E-state index is 0.0658. The van der Waals surface area contributed by atoms with Gasteiger partial charge in [0.1, 0.15) is 12.4 Å². The number of alkyl halides is 1. The van der Waals surface area contributed by atoms with E-state index in [2.05, 4.69) is 10.3 Å². The first-order chi connectivity index (χ1) is 8.79. The molecule has 0 aliphatic carbocycles. The summed E-state index contributed by atoms with van der Waals surface area (Å²) < 4.78 is 13.4. The van der Waals surface area contributed by atoms with Crippen LogP contribution in [0.1, 0.15) is 22.5 Å². The van der Waals surface area contributed by atoms with Crippen LogP contribution in [0.4, 0.5) is 4.39 Å². The van der Waals surface area contributed by atoms with Crippen LogP contribution in [0.15, 0.2) is 36.5 Å². The second kappa shape index (κ2) is 6.05. The first kappa shape index (κ1) is 12.4. The lowest BCUT2D eigenvalue weighted by atomic mass is 10.1. The van der Waals surface area contributed by atoms with Crippen molar-refractivity contribution in [1.29, 1.82) is 0 Å². The maximum atomic E-state index is 12.1. The van der Waals surface area contributed by atoms with Gasteiger partial charge < -0.3 is 0 Å². The maximum absolute atomic E-state index is 12.1. The van der Waals surface area contributed by atoms with E-state index in [0.717, 1.165) is 5.56 Å². The fourth-order valence-electron chi connectivity index (χ4n) is 1.65. The van der Waals surface area contributed by atoms with Crippen molar-refractivity contribution in [1.82, 2.24) is 15.0 Å². The number of rotatable bonds is 6. The Hall–Kier alpha value is -2.04. The third-order valence-corrected chi connectivity index (χ3v) is 2.62. The molecule has 2 rings (SSSR count). The summed E-state index contributed by atoms with van der Waals surface area (Å²) in [5.74, 6) is -0.0658. The summed E-state index contributed by atoms with van der Waals surface area (Å²) in [6.45, 7) is -0.375. The Morgan fingerprint density at radius 2 is 2.06 bits per heavy atom. The van der Waals surface area contributed by atoms with E-state index in [-0.39, 0.29) is 12.3 Å². The monoisotopic (exact) mass is 246 g/mol. The number of carbonyl (C=O) groups is 1. The number of aryl methyl sites for hydroxylation is 2. The van der Waals surface area contributed by atoms with Gasteiger partial charge in [0.2, 0.25) is 0 Å². The van der Waals surface area contributed by atoms with Crippen LogP contribution in [-0.2, 0) is 13.0 Å². The Labute approximate surface area is 104 Å². The van der Waals surface area contributed by atoms with Crippen LogP contribution in [0, 0.1) is 0 Å². The number of ketones is 1. The van der Waals surface area contributed by atoms with E-state index >= 15 is 0 Å². The van der Waals surface area contributed by atoms with E-state index in [1.807, 2.05) is 30.3 Å². The fourth-order valence-corrected chi connectivity index (χ4v) is 1.65. The summed E-state index contributed by atoms with van der Waals surface area (Å²) in [7, 11) is 0. The van der Waals surface area contributed by atoms with Crippen LogP contribution in [-0.4, -0.2) is 27.5 Å². The van der Waals surface area contributed by atoms with Crippen molar-refractivity contribution in [3.63, 3.8) is 0 Å². The Morgan fingerprint density at radius 1 is 1.28 bits per heavy atom. The number of carbonyl (C=O) groups excluding carboxylic acids is 1. The number of nitrogens with zero attached hydrogens (tertiary/aromatic N) is 3. The molecule has 1 aromatic heterocycles. The van der Waals surface area contributed by atoms with Crippen molar-refractivity contribution in [3.8, 4) is 0 Å². The van der Waals surface area contributed by atoms with Gasteiger partial charge in [-0.25, -0.2) is 9.07 Å². The molecule has 0 N–H and O–H groups in total. The highest BCUT2D eigenvalue weighted by Gasteiger charge is 2.10. The number of Topliss-reactive ketones (excluding diaryl/α,β-unsaturated/α-hetero) is 1. The number of benzene rings is 1. The van der Waals surface area contributed by atoms with Crippen LogP contribution >= 0.6 is 0 Å². The summed E-state index contributed by atoms with van der Waals surface area (Å²) in [4.78, 5) is 11.8. The smallest absolute Gasteiger partial charge is 0.185 e. The van der Waals surface area contributed by atoms with Crippen molar-refractivity contribution in [2.24, 2.45) is 0 Å². The molecule has 0 saturated heterocycles. The predicted molar refractivity (Wildman–Crippen MR) is 65.1 cm³/mol. The van der Waals surface area contributed by atoms with E-state index in [0.29, 0.717) is 18.5 Å². The molecule has 0 saturated carbocycles. The molecule has 2 aromatic rings. The molecule has 0 amide bonds. The summed E-state index contributed by atoms with van der Waals surface area (Å²) in [5.41, 5.74) is 1.42. The molecule has 0 aliphatic heterocycles. The topological polar surface area (TPSA) is 47.8 Å². The molecule has 0 unspecified atom stereocenters. The van der Waals surface area contributed by atoms with Gasteiger partial charge in [-0.3, -0.25) is 4.79 Å². The molecule has 0 atom stereocenters. The van der Waals surface area contributed by atoms with Gasteiger partial charge in [-0.2, -0.15) is 0 Å². The first-order valence-corrected chi connectivity index (χ1v) is 5.83. The SMILES string of the molecule is O=C(CCc1ccccc1)c1cn(CC[18F])nn1. The fraction of sp³-hybridized carbons (Fsp3) is 0.308. The zero-order chi connectivity index (χ0) is 12.8. The molecule has 94 valence electrons. The summed E-state index contributed by atoms with van der Waals surface area (Å²) >= 11 is 0. The van der Waals surface area contributed by atoms with E-state index < -0.39 is 6.67 Å². The van der Waals surface area contributed by atoms with Crippen LogP contribution in [0.2, 0.25) is 0 Å². The van der Waals surface area contributed by atoms with Crippen molar-refractivity contribution in [3.05, 3.63) is 47.8 Å². The van der Waals surface area contributed by atoms with Gasteiger partial charge >= 0.3 is 0 Å². The number of hydrogen-bond acceptors (Lipinski definition) is 3. The van der Waals surface area contributed by atoms with Crippen molar-refractivity contribution in [2.45, 2.75) is 19.4 Å². The van der Waals surface area contributed by atoms with Gasteiger partial charge in [0, 0.05) is 6.42 Å². The van der Waals surface area contributed by atoms with Crippen LogP contribution in [0.3, 0.4) is 0 Å². The lowest BCUT2D eigenvalue weighted by Crippen LogP contribution is -2.02. The van der Waals surface area contributed by atoms with Crippen LogP contribution in [0.5, 0.6) is 0 Å². The molecule has 5 heteroatoms. The molecule has 1 aromatic carbocycles. The molecule has 0 spiro atoms. The van der Waals surface area contributed by atoms with Gasteiger partial charge in [-0.15, -0.1) is 5.10 Å². The van der Waals surface area contributed by atoms with Gasteiger partial charge in [0.05, 0.1) is 12.7 Å². The Morgan fingerprint density at radius 3 is 2.78 bits per heavy atom. The molecule has 0 bridgehead atoms. The van der Waals surface area contributed by atoms with Crippen molar-refractivity contribution < 1.29 is 9.18 Å². The Balaban J connectivity index is 1.91. The highest BCUT2D eigenvalue weighted by Crippen LogP contribution is 2.06. The second-order valence-electron chi connectivity index (χ2n) is 3.96. The zero-order valence-corrected chi connectivity index (χ0v) is 9.92. The van der Waals surface area contributed by atoms with E-state index in [9.17, 15) is 9.18 Å². The minimum atomic E-state index is -0.513. The molecular weight excluding hydrogens is 232 g/mol. The average Bonchev–Trinajstić information content (AvgIpc) is 2.86.